The molecular formula is C18H27N5O6. The highest BCUT2D eigenvalue weighted by Crippen LogP contribution is 2.36. The van der Waals surface area contributed by atoms with E-state index in [0.29, 0.717) is 25.9 Å². The number of ether oxygens (including phenoxy) is 1. The third kappa shape index (κ3) is 6.19. The number of carboxylic acids is 1. The van der Waals surface area contributed by atoms with Crippen LogP contribution in [0.25, 0.3) is 0 Å². The normalized spacial score (nSPS) is 16.8. The molecule has 11 nitrogen and oxygen atoms in total. The third-order valence-electron chi connectivity index (χ3n) is 4.26. The summed E-state index contributed by atoms with van der Waals surface area (Å²) in [7, 11) is 1.49. The maximum absolute atomic E-state index is 12.1. The van der Waals surface area contributed by atoms with E-state index in [4.69, 9.17) is 9.84 Å². The molecule has 0 radical (unpaired) electrons. The van der Waals surface area contributed by atoms with Gasteiger partial charge in [-0.2, -0.15) is 0 Å². The molecule has 1 aromatic heterocycles. The smallest absolute Gasteiger partial charge is 0.407 e. The first-order valence-electron chi connectivity index (χ1n) is 9.32. The van der Waals surface area contributed by atoms with Crippen LogP contribution in [0.3, 0.4) is 0 Å². The highest BCUT2D eigenvalue weighted by atomic mass is 16.6. The van der Waals surface area contributed by atoms with Crippen LogP contribution in [-0.2, 0) is 16.0 Å². The Balaban J connectivity index is 2.30. The minimum absolute atomic E-state index is 0.00553. The van der Waals surface area contributed by atoms with Gasteiger partial charge < -0.3 is 25.4 Å². The van der Waals surface area contributed by atoms with Crippen molar-refractivity contribution in [1.82, 2.24) is 10.3 Å². The average Bonchev–Trinajstić information content (AvgIpc) is 2.58. The first-order chi connectivity index (χ1) is 13.5. The molecule has 1 aliphatic rings. The number of pyridine rings is 1. The van der Waals surface area contributed by atoms with Gasteiger partial charge in [0.05, 0.1) is 17.0 Å². The van der Waals surface area contributed by atoms with Gasteiger partial charge in [0.1, 0.15) is 11.3 Å². The van der Waals surface area contributed by atoms with Crippen LogP contribution >= 0.6 is 0 Å². The van der Waals surface area contributed by atoms with E-state index < -0.39 is 22.6 Å². The molecule has 2 heterocycles. The number of rotatable bonds is 6. The zero-order valence-corrected chi connectivity index (χ0v) is 17.0. The van der Waals surface area contributed by atoms with Crippen LogP contribution in [0.4, 0.5) is 22.0 Å². The second-order valence-corrected chi connectivity index (χ2v) is 7.84. The minimum Gasteiger partial charge on any atom is -0.481 e. The Morgan fingerprint density at radius 1 is 1.45 bits per heavy atom. The number of piperidine rings is 1. The largest absolute Gasteiger partial charge is 0.481 e. The van der Waals surface area contributed by atoms with E-state index in [1.807, 2.05) is 0 Å². The number of carbonyl (C=O) groups excluding carboxylic acids is 1. The standard InChI is InChI=1S/C18H27N5O6/c1-18(2,3)29-17(26)21-11-6-5-7-22(10-11)13-8-12(9-14(24)25)20-16(19-4)15(13)23(27)28/h8,11H,5-7,9-10H2,1-4H3,(H,19,20)(H,21,26)(H,24,25). The van der Waals surface area contributed by atoms with Crippen molar-refractivity contribution in [2.75, 3.05) is 30.4 Å². The molecule has 1 amide bonds. The van der Waals surface area contributed by atoms with Gasteiger partial charge in [0.2, 0.25) is 5.82 Å². The number of aliphatic carboxylic acids is 1. The molecule has 1 saturated heterocycles. The van der Waals surface area contributed by atoms with Crippen LogP contribution in [0.5, 0.6) is 0 Å². The monoisotopic (exact) mass is 409 g/mol. The zero-order valence-electron chi connectivity index (χ0n) is 17.0. The lowest BCUT2D eigenvalue weighted by Crippen LogP contribution is -2.49. The molecule has 11 heteroatoms. The summed E-state index contributed by atoms with van der Waals surface area (Å²) in [5.41, 5.74) is -0.360. The Morgan fingerprint density at radius 2 is 2.14 bits per heavy atom. The van der Waals surface area contributed by atoms with E-state index in [0.717, 1.165) is 0 Å². The van der Waals surface area contributed by atoms with Gasteiger partial charge >= 0.3 is 17.7 Å². The van der Waals surface area contributed by atoms with Crippen molar-refractivity contribution in [2.24, 2.45) is 0 Å². The van der Waals surface area contributed by atoms with E-state index in [1.54, 1.807) is 25.7 Å². The summed E-state index contributed by atoms with van der Waals surface area (Å²) in [5, 5.41) is 26.2. The Bertz CT molecular complexity index is 792. The number of alkyl carbamates (subject to hydrolysis) is 1. The summed E-state index contributed by atoms with van der Waals surface area (Å²) in [5.74, 6) is -1.08. The third-order valence-corrected chi connectivity index (χ3v) is 4.26. The maximum atomic E-state index is 12.1. The van der Waals surface area contributed by atoms with E-state index in [1.165, 1.54) is 13.1 Å². The van der Waals surface area contributed by atoms with Gasteiger partial charge in [-0.15, -0.1) is 0 Å². The molecule has 1 aromatic rings. The van der Waals surface area contributed by atoms with Crippen LogP contribution in [0, 0.1) is 10.1 Å². The number of hydrogen-bond acceptors (Lipinski definition) is 8. The van der Waals surface area contributed by atoms with E-state index in [9.17, 15) is 19.7 Å². The number of hydrogen-bond donors (Lipinski definition) is 3. The predicted octanol–water partition coefficient (Wildman–Crippen LogP) is 2.15. The van der Waals surface area contributed by atoms with Gasteiger partial charge in [-0.3, -0.25) is 14.9 Å². The molecule has 0 aliphatic carbocycles. The second kappa shape index (κ2) is 8.93. The number of nitro groups is 1. The van der Waals surface area contributed by atoms with Gasteiger partial charge in [0.25, 0.3) is 0 Å². The summed E-state index contributed by atoms with van der Waals surface area (Å²) < 4.78 is 5.28. The van der Waals surface area contributed by atoms with Crippen molar-refractivity contribution < 1.29 is 24.4 Å². The maximum Gasteiger partial charge on any atom is 0.407 e. The number of aromatic nitrogens is 1. The summed E-state index contributed by atoms with van der Waals surface area (Å²) in [4.78, 5) is 40.2. The topological polar surface area (TPSA) is 147 Å². The second-order valence-electron chi connectivity index (χ2n) is 7.84. The molecule has 0 aromatic carbocycles. The highest BCUT2D eigenvalue weighted by Gasteiger charge is 2.31. The molecule has 1 unspecified atom stereocenters. The van der Waals surface area contributed by atoms with Crippen molar-refractivity contribution >= 4 is 29.3 Å². The molecule has 1 atom stereocenters. The lowest BCUT2D eigenvalue weighted by molar-refractivity contribution is -0.383. The Morgan fingerprint density at radius 3 is 2.69 bits per heavy atom. The highest BCUT2D eigenvalue weighted by molar-refractivity contribution is 5.77. The fraction of sp³-hybridized carbons (Fsp3) is 0.611. The lowest BCUT2D eigenvalue weighted by atomic mass is 10.0. The molecule has 1 fully saturated rings. The fourth-order valence-corrected chi connectivity index (χ4v) is 3.21. The molecule has 1 aliphatic heterocycles. The van der Waals surface area contributed by atoms with Gasteiger partial charge in [0.15, 0.2) is 0 Å². The number of nitrogens with one attached hydrogen (secondary N) is 2. The number of anilines is 2. The lowest BCUT2D eigenvalue weighted by Gasteiger charge is -2.35. The van der Waals surface area contributed by atoms with E-state index in [-0.39, 0.29) is 35.3 Å². The van der Waals surface area contributed by atoms with Gasteiger partial charge in [-0.25, -0.2) is 9.78 Å². The molecule has 0 spiro atoms. The van der Waals surface area contributed by atoms with Crippen LogP contribution in [0.2, 0.25) is 0 Å². The zero-order chi connectivity index (χ0) is 21.8. The summed E-state index contributed by atoms with van der Waals surface area (Å²) in [6, 6.07) is 1.18. The van der Waals surface area contributed by atoms with Crippen molar-refractivity contribution in [3.8, 4) is 0 Å². The molecule has 0 saturated carbocycles. The Labute approximate surface area is 168 Å². The fourth-order valence-electron chi connectivity index (χ4n) is 3.21. The molecule has 3 N–H and O–H groups in total. The number of amides is 1. The number of nitrogens with zero attached hydrogens (tertiary/aromatic N) is 3. The van der Waals surface area contributed by atoms with Crippen LogP contribution in [0.15, 0.2) is 6.07 Å². The predicted molar refractivity (Wildman–Crippen MR) is 106 cm³/mol. The molecule has 2 rings (SSSR count). The van der Waals surface area contributed by atoms with Crippen LogP contribution < -0.4 is 15.5 Å². The Hall–Kier alpha value is -3.11. The molecular weight excluding hydrogens is 382 g/mol. The van der Waals surface area contributed by atoms with Gasteiger partial charge in [-0.05, 0) is 39.7 Å². The summed E-state index contributed by atoms with van der Waals surface area (Å²) >= 11 is 0. The van der Waals surface area contributed by atoms with E-state index in [2.05, 4.69) is 15.6 Å². The first kappa shape index (κ1) is 22.2. The Kier molecular flexibility index (Phi) is 6.83. The van der Waals surface area contributed by atoms with Crippen LogP contribution in [0.1, 0.15) is 39.3 Å². The molecule has 0 bridgehead atoms. The van der Waals surface area contributed by atoms with Crippen molar-refractivity contribution in [3.05, 3.63) is 21.9 Å². The first-order valence-corrected chi connectivity index (χ1v) is 9.32. The summed E-state index contributed by atoms with van der Waals surface area (Å²) in [6.07, 6.45) is 0.502. The van der Waals surface area contributed by atoms with E-state index >= 15 is 0 Å². The number of carbonyl (C=O) groups is 2. The van der Waals surface area contributed by atoms with Crippen molar-refractivity contribution in [1.29, 1.82) is 0 Å². The number of carboxylic acid groups (broad SMARTS) is 1. The van der Waals surface area contributed by atoms with Crippen molar-refractivity contribution in [2.45, 2.75) is 51.7 Å². The summed E-state index contributed by atoms with van der Waals surface area (Å²) in [6.45, 7) is 6.17. The average molecular weight is 409 g/mol. The quantitative estimate of drug-likeness (QED) is 0.475. The molecule has 160 valence electrons. The van der Waals surface area contributed by atoms with Gasteiger partial charge in [0, 0.05) is 26.2 Å². The SMILES string of the molecule is CNc1nc(CC(=O)O)cc(N2CCCC(NC(=O)OC(C)(C)C)C2)c1[N+](=O)[O-]. The minimum atomic E-state index is -1.08. The van der Waals surface area contributed by atoms with Crippen LogP contribution in [-0.4, -0.2) is 58.9 Å². The van der Waals surface area contributed by atoms with Crippen molar-refractivity contribution in [3.63, 3.8) is 0 Å². The molecule has 29 heavy (non-hydrogen) atoms. The van der Waals surface area contributed by atoms with Gasteiger partial charge in [-0.1, -0.05) is 0 Å².